The van der Waals surface area contributed by atoms with Crippen molar-refractivity contribution in [2.75, 3.05) is 6.54 Å². The molecule has 16 heavy (non-hydrogen) atoms. The third-order valence-corrected chi connectivity index (χ3v) is 2.85. The molecule has 1 aromatic heterocycles. The van der Waals surface area contributed by atoms with E-state index >= 15 is 0 Å². The van der Waals surface area contributed by atoms with Gasteiger partial charge in [-0.3, -0.25) is 0 Å². The van der Waals surface area contributed by atoms with E-state index in [-0.39, 0.29) is 6.10 Å². The number of furan rings is 1. The van der Waals surface area contributed by atoms with Gasteiger partial charge >= 0.3 is 0 Å². The molecule has 92 valence electrons. The van der Waals surface area contributed by atoms with Gasteiger partial charge in [-0.25, -0.2) is 0 Å². The van der Waals surface area contributed by atoms with Gasteiger partial charge in [0.1, 0.15) is 5.76 Å². The molecule has 0 spiro atoms. The summed E-state index contributed by atoms with van der Waals surface area (Å²) in [5.41, 5.74) is 0. The number of aliphatic hydroxyl groups excluding tert-OH is 1. The van der Waals surface area contributed by atoms with E-state index < -0.39 is 0 Å². The molecule has 3 heteroatoms. The molecule has 0 aromatic carbocycles. The number of aryl methyl sites for hydroxylation is 1. The Labute approximate surface area is 97.9 Å². The van der Waals surface area contributed by atoms with Gasteiger partial charge in [0.2, 0.25) is 0 Å². The molecule has 2 atom stereocenters. The largest absolute Gasteiger partial charge is 0.469 e. The lowest BCUT2D eigenvalue weighted by Gasteiger charge is -2.19. The van der Waals surface area contributed by atoms with E-state index in [9.17, 15) is 5.11 Å². The average Bonchev–Trinajstić information content (AvgIpc) is 2.75. The van der Waals surface area contributed by atoms with Gasteiger partial charge in [0, 0.05) is 19.0 Å². The summed E-state index contributed by atoms with van der Waals surface area (Å²) in [6.07, 6.45) is 3.42. The van der Waals surface area contributed by atoms with Crippen LogP contribution in [0, 0.1) is 5.92 Å². The summed E-state index contributed by atoms with van der Waals surface area (Å²) >= 11 is 0. The Morgan fingerprint density at radius 1 is 1.38 bits per heavy atom. The summed E-state index contributed by atoms with van der Waals surface area (Å²) in [5.74, 6) is 1.34. The first-order valence-corrected chi connectivity index (χ1v) is 6.03. The van der Waals surface area contributed by atoms with E-state index in [1.54, 1.807) is 6.26 Å². The summed E-state index contributed by atoms with van der Waals surface area (Å²) in [4.78, 5) is 0. The van der Waals surface area contributed by atoms with Crippen molar-refractivity contribution in [2.45, 2.75) is 45.8 Å². The molecule has 0 aliphatic carbocycles. The maximum absolute atomic E-state index is 9.65. The molecule has 3 nitrogen and oxygen atoms in total. The highest BCUT2D eigenvalue weighted by atomic mass is 16.3. The lowest BCUT2D eigenvalue weighted by Crippen LogP contribution is -2.36. The molecule has 0 radical (unpaired) electrons. The molecule has 2 unspecified atom stereocenters. The van der Waals surface area contributed by atoms with Crippen molar-refractivity contribution in [3.8, 4) is 0 Å². The predicted molar refractivity (Wildman–Crippen MR) is 65.3 cm³/mol. The van der Waals surface area contributed by atoms with Gasteiger partial charge in [0.05, 0.1) is 12.4 Å². The number of hydrogen-bond acceptors (Lipinski definition) is 3. The first-order chi connectivity index (χ1) is 7.59. The molecular weight excluding hydrogens is 202 g/mol. The van der Waals surface area contributed by atoms with Crippen LogP contribution in [-0.2, 0) is 6.42 Å². The summed E-state index contributed by atoms with van der Waals surface area (Å²) < 4.78 is 5.27. The van der Waals surface area contributed by atoms with Gasteiger partial charge in [-0.05, 0) is 31.4 Å². The van der Waals surface area contributed by atoms with E-state index in [1.165, 1.54) is 0 Å². The van der Waals surface area contributed by atoms with Crippen molar-refractivity contribution in [3.63, 3.8) is 0 Å². The van der Waals surface area contributed by atoms with Crippen molar-refractivity contribution < 1.29 is 9.52 Å². The molecule has 1 heterocycles. The van der Waals surface area contributed by atoms with E-state index in [0.29, 0.717) is 18.5 Å². The topological polar surface area (TPSA) is 45.4 Å². The van der Waals surface area contributed by atoms with Crippen LogP contribution >= 0.6 is 0 Å². The van der Waals surface area contributed by atoms with Crippen molar-refractivity contribution in [1.29, 1.82) is 0 Å². The van der Waals surface area contributed by atoms with Gasteiger partial charge < -0.3 is 14.8 Å². The van der Waals surface area contributed by atoms with Gasteiger partial charge in [0.25, 0.3) is 0 Å². The number of nitrogens with one attached hydrogen (secondary N) is 1. The maximum atomic E-state index is 9.65. The van der Waals surface area contributed by atoms with Crippen molar-refractivity contribution in [3.05, 3.63) is 24.2 Å². The number of aliphatic hydroxyl groups is 1. The highest BCUT2D eigenvalue weighted by Gasteiger charge is 2.10. The van der Waals surface area contributed by atoms with Gasteiger partial charge in [-0.1, -0.05) is 13.8 Å². The van der Waals surface area contributed by atoms with Crippen LogP contribution in [0.2, 0.25) is 0 Å². The molecule has 0 fully saturated rings. The molecule has 1 rings (SSSR count). The molecule has 0 aliphatic heterocycles. The SMILES string of the molecule is CC(CCc1ccco1)NCC(O)C(C)C. The third-order valence-electron chi connectivity index (χ3n) is 2.85. The van der Waals surface area contributed by atoms with Crippen LogP contribution < -0.4 is 5.32 Å². The Kier molecular flexibility index (Phi) is 5.56. The Hall–Kier alpha value is -0.800. The smallest absolute Gasteiger partial charge is 0.103 e. The molecule has 2 N–H and O–H groups in total. The molecule has 0 amide bonds. The Morgan fingerprint density at radius 3 is 2.69 bits per heavy atom. The zero-order chi connectivity index (χ0) is 12.0. The minimum Gasteiger partial charge on any atom is -0.469 e. The Bertz CT molecular complexity index is 269. The normalized spacial score (nSPS) is 15.3. The molecule has 0 saturated carbocycles. The van der Waals surface area contributed by atoms with Crippen LogP contribution in [0.4, 0.5) is 0 Å². The monoisotopic (exact) mass is 225 g/mol. The zero-order valence-electron chi connectivity index (χ0n) is 10.4. The second-order valence-corrected chi connectivity index (χ2v) is 4.74. The molecule has 0 saturated heterocycles. The van der Waals surface area contributed by atoms with Gasteiger partial charge in [0.15, 0.2) is 0 Å². The summed E-state index contributed by atoms with van der Waals surface area (Å²) in [6.45, 7) is 6.85. The Balaban J connectivity index is 2.13. The molecule has 1 aromatic rings. The van der Waals surface area contributed by atoms with Gasteiger partial charge in [-0.15, -0.1) is 0 Å². The summed E-state index contributed by atoms with van der Waals surface area (Å²) in [7, 11) is 0. The second-order valence-electron chi connectivity index (χ2n) is 4.74. The van der Waals surface area contributed by atoms with Crippen LogP contribution in [0.15, 0.2) is 22.8 Å². The van der Waals surface area contributed by atoms with Crippen LogP contribution in [-0.4, -0.2) is 23.8 Å². The van der Waals surface area contributed by atoms with Crippen LogP contribution in [0.5, 0.6) is 0 Å². The fourth-order valence-electron chi connectivity index (χ4n) is 1.47. The fourth-order valence-corrected chi connectivity index (χ4v) is 1.47. The number of hydrogen-bond donors (Lipinski definition) is 2. The molecule has 0 aliphatic rings. The lowest BCUT2D eigenvalue weighted by atomic mass is 10.1. The quantitative estimate of drug-likeness (QED) is 0.748. The first kappa shape index (κ1) is 13.3. The maximum Gasteiger partial charge on any atom is 0.103 e. The van der Waals surface area contributed by atoms with Crippen molar-refractivity contribution >= 4 is 0 Å². The van der Waals surface area contributed by atoms with E-state index in [4.69, 9.17) is 4.42 Å². The minimum absolute atomic E-state index is 0.258. The standard InChI is InChI=1S/C13H23NO2/c1-10(2)13(15)9-14-11(3)6-7-12-5-4-8-16-12/h4-5,8,10-11,13-15H,6-7,9H2,1-3H3. The average molecular weight is 225 g/mol. The highest BCUT2D eigenvalue weighted by Crippen LogP contribution is 2.06. The lowest BCUT2D eigenvalue weighted by molar-refractivity contribution is 0.120. The fraction of sp³-hybridized carbons (Fsp3) is 0.692. The second kappa shape index (κ2) is 6.71. The molecule has 0 bridgehead atoms. The van der Waals surface area contributed by atoms with Crippen LogP contribution in [0.25, 0.3) is 0 Å². The van der Waals surface area contributed by atoms with Crippen molar-refractivity contribution in [1.82, 2.24) is 5.32 Å². The summed E-state index contributed by atoms with van der Waals surface area (Å²) in [6, 6.07) is 4.31. The third kappa shape index (κ3) is 4.81. The predicted octanol–water partition coefficient (Wildman–Crippen LogP) is 2.21. The van der Waals surface area contributed by atoms with E-state index in [2.05, 4.69) is 12.2 Å². The molecular formula is C13H23NO2. The zero-order valence-corrected chi connectivity index (χ0v) is 10.4. The van der Waals surface area contributed by atoms with E-state index in [0.717, 1.165) is 18.6 Å². The van der Waals surface area contributed by atoms with E-state index in [1.807, 2.05) is 26.0 Å². The van der Waals surface area contributed by atoms with Crippen molar-refractivity contribution in [2.24, 2.45) is 5.92 Å². The van der Waals surface area contributed by atoms with Crippen LogP contribution in [0.1, 0.15) is 33.0 Å². The number of rotatable bonds is 7. The van der Waals surface area contributed by atoms with Gasteiger partial charge in [-0.2, -0.15) is 0 Å². The van der Waals surface area contributed by atoms with Crippen LogP contribution in [0.3, 0.4) is 0 Å². The first-order valence-electron chi connectivity index (χ1n) is 6.03. The Morgan fingerprint density at radius 2 is 2.12 bits per heavy atom. The highest BCUT2D eigenvalue weighted by molar-refractivity contribution is 4.98. The minimum atomic E-state index is -0.258. The summed E-state index contributed by atoms with van der Waals surface area (Å²) in [5, 5.41) is 13.0.